The van der Waals surface area contributed by atoms with Gasteiger partial charge in [0.15, 0.2) is 11.2 Å². The second kappa shape index (κ2) is 8.13. The van der Waals surface area contributed by atoms with E-state index in [0.29, 0.717) is 0 Å². The van der Waals surface area contributed by atoms with E-state index in [1.54, 1.807) is 7.05 Å². The molecular formula is C17H27N5O3. The first-order valence-electron chi connectivity index (χ1n) is 8.77. The van der Waals surface area contributed by atoms with Gasteiger partial charge in [0.1, 0.15) is 6.54 Å². The molecule has 138 valence electrons. The van der Waals surface area contributed by atoms with Crippen molar-refractivity contribution in [1.82, 2.24) is 24.0 Å². The average molecular weight is 349 g/mol. The van der Waals surface area contributed by atoms with E-state index in [1.807, 2.05) is 6.92 Å². The molecule has 2 aromatic rings. The van der Waals surface area contributed by atoms with Crippen LogP contribution in [0.3, 0.4) is 0 Å². The van der Waals surface area contributed by atoms with Gasteiger partial charge in [0.2, 0.25) is 5.91 Å². The molecule has 2 rings (SSSR count). The molecule has 1 unspecified atom stereocenters. The van der Waals surface area contributed by atoms with Crippen LogP contribution in [0.2, 0.25) is 0 Å². The second-order valence-electron chi connectivity index (χ2n) is 6.57. The standard InChI is InChI=1S/C17H27N5O3/c1-5-6-7-8-9-12(2)19-13(23)10-22-11-18-15-14(22)16(24)21(4)17(25)20(15)3/h11-12H,5-10H2,1-4H3,(H,19,23). The summed E-state index contributed by atoms with van der Waals surface area (Å²) in [6.07, 6.45) is 7.03. The minimum absolute atomic E-state index is 0.00322. The molecule has 8 nitrogen and oxygen atoms in total. The molecule has 1 N–H and O–H groups in total. The third kappa shape index (κ3) is 4.18. The lowest BCUT2D eigenvalue weighted by atomic mass is 10.1. The lowest BCUT2D eigenvalue weighted by Crippen LogP contribution is -2.38. The second-order valence-corrected chi connectivity index (χ2v) is 6.57. The molecule has 2 heterocycles. The van der Waals surface area contributed by atoms with E-state index >= 15 is 0 Å². The van der Waals surface area contributed by atoms with Gasteiger partial charge >= 0.3 is 5.69 Å². The predicted molar refractivity (Wildman–Crippen MR) is 96.6 cm³/mol. The van der Waals surface area contributed by atoms with Crippen molar-refractivity contribution in [3.63, 3.8) is 0 Å². The third-order valence-electron chi connectivity index (χ3n) is 4.43. The number of carbonyl (C=O) groups is 1. The number of aromatic nitrogens is 4. The number of carbonyl (C=O) groups excluding carboxylic acids is 1. The average Bonchev–Trinajstić information content (AvgIpc) is 2.98. The van der Waals surface area contributed by atoms with Gasteiger partial charge in [0, 0.05) is 20.1 Å². The quantitative estimate of drug-likeness (QED) is 0.717. The number of fused-ring (bicyclic) bond motifs is 1. The number of hydrogen-bond acceptors (Lipinski definition) is 4. The Morgan fingerprint density at radius 3 is 2.60 bits per heavy atom. The highest BCUT2D eigenvalue weighted by Crippen LogP contribution is 2.07. The van der Waals surface area contributed by atoms with Crippen molar-refractivity contribution in [3.8, 4) is 0 Å². The van der Waals surface area contributed by atoms with Crippen LogP contribution < -0.4 is 16.6 Å². The van der Waals surface area contributed by atoms with Crippen LogP contribution in [0.5, 0.6) is 0 Å². The topological polar surface area (TPSA) is 90.9 Å². The Kier molecular flexibility index (Phi) is 6.17. The summed E-state index contributed by atoms with van der Waals surface area (Å²) in [4.78, 5) is 40.7. The molecule has 0 saturated heterocycles. The van der Waals surface area contributed by atoms with Crippen LogP contribution in [-0.2, 0) is 25.4 Å². The van der Waals surface area contributed by atoms with E-state index in [4.69, 9.17) is 0 Å². The Morgan fingerprint density at radius 2 is 1.92 bits per heavy atom. The van der Waals surface area contributed by atoms with Gasteiger partial charge in [-0.25, -0.2) is 9.78 Å². The fourth-order valence-corrected chi connectivity index (χ4v) is 2.94. The molecule has 0 saturated carbocycles. The number of aryl methyl sites for hydroxylation is 1. The van der Waals surface area contributed by atoms with Crippen LogP contribution in [-0.4, -0.2) is 30.6 Å². The maximum atomic E-state index is 12.3. The zero-order valence-corrected chi connectivity index (χ0v) is 15.4. The Hall–Kier alpha value is -2.38. The smallest absolute Gasteiger partial charge is 0.332 e. The molecule has 1 atom stereocenters. The number of amides is 1. The summed E-state index contributed by atoms with van der Waals surface area (Å²) >= 11 is 0. The molecule has 0 radical (unpaired) electrons. The van der Waals surface area contributed by atoms with Crippen molar-refractivity contribution in [2.24, 2.45) is 14.1 Å². The highest BCUT2D eigenvalue weighted by Gasteiger charge is 2.16. The van der Waals surface area contributed by atoms with Gasteiger partial charge < -0.3 is 9.88 Å². The van der Waals surface area contributed by atoms with Gasteiger partial charge in [0.25, 0.3) is 5.56 Å². The summed E-state index contributed by atoms with van der Waals surface area (Å²) in [6.45, 7) is 4.16. The zero-order valence-electron chi connectivity index (χ0n) is 15.4. The summed E-state index contributed by atoms with van der Waals surface area (Å²) in [6, 6.07) is 0.0892. The molecule has 1 amide bonds. The Morgan fingerprint density at radius 1 is 1.20 bits per heavy atom. The molecule has 8 heteroatoms. The van der Waals surface area contributed by atoms with Crippen molar-refractivity contribution < 1.29 is 4.79 Å². The molecule has 0 aliphatic rings. The maximum Gasteiger partial charge on any atom is 0.332 e. The molecule has 0 aliphatic carbocycles. The van der Waals surface area contributed by atoms with Crippen LogP contribution in [0.15, 0.2) is 15.9 Å². The summed E-state index contributed by atoms with van der Waals surface area (Å²) in [5.41, 5.74) is -0.340. The largest absolute Gasteiger partial charge is 0.352 e. The van der Waals surface area contributed by atoms with Gasteiger partial charge in [-0.15, -0.1) is 0 Å². The number of hydrogen-bond donors (Lipinski definition) is 1. The van der Waals surface area contributed by atoms with Crippen LogP contribution in [0.4, 0.5) is 0 Å². The van der Waals surface area contributed by atoms with E-state index < -0.39 is 11.2 Å². The molecule has 0 aromatic carbocycles. The maximum absolute atomic E-state index is 12.3. The first-order chi connectivity index (χ1) is 11.9. The van der Waals surface area contributed by atoms with Crippen molar-refractivity contribution in [2.75, 3.05) is 0 Å². The van der Waals surface area contributed by atoms with Crippen molar-refractivity contribution in [2.45, 2.75) is 58.5 Å². The van der Waals surface area contributed by atoms with Crippen LogP contribution in [0.25, 0.3) is 11.2 Å². The highest BCUT2D eigenvalue weighted by molar-refractivity contribution is 5.79. The normalized spacial score (nSPS) is 12.5. The predicted octanol–water partition coefficient (Wildman–Crippen LogP) is 0.909. The first kappa shape index (κ1) is 19.0. The summed E-state index contributed by atoms with van der Waals surface area (Å²) < 4.78 is 3.83. The minimum atomic E-state index is -0.448. The molecular weight excluding hydrogens is 322 g/mol. The molecule has 2 aromatic heterocycles. The number of nitrogens with one attached hydrogen (secondary N) is 1. The van der Waals surface area contributed by atoms with Gasteiger partial charge in [-0.3, -0.25) is 18.7 Å². The summed E-state index contributed by atoms with van der Waals surface area (Å²) in [5, 5.41) is 2.95. The number of imidazole rings is 1. The summed E-state index contributed by atoms with van der Waals surface area (Å²) in [5.74, 6) is -0.168. The van der Waals surface area contributed by atoms with Crippen molar-refractivity contribution >= 4 is 17.1 Å². The molecule has 25 heavy (non-hydrogen) atoms. The SMILES string of the molecule is CCCCCCC(C)NC(=O)Cn1cnc2c1c(=O)n(C)c(=O)n2C. The Labute approximate surface area is 146 Å². The van der Waals surface area contributed by atoms with E-state index in [1.165, 1.54) is 41.8 Å². The lowest BCUT2D eigenvalue weighted by molar-refractivity contribution is -0.122. The molecule has 0 bridgehead atoms. The Bertz CT molecular complexity index is 862. The fourth-order valence-electron chi connectivity index (χ4n) is 2.94. The van der Waals surface area contributed by atoms with E-state index in [-0.39, 0.29) is 29.7 Å². The molecule has 0 fully saturated rings. The molecule has 0 spiro atoms. The lowest BCUT2D eigenvalue weighted by Gasteiger charge is -2.14. The van der Waals surface area contributed by atoms with E-state index in [2.05, 4.69) is 17.2 Å². The van der Waals surface area contributed by atoms with Gasteiger partial charge in [-0.1, -0.05) is 32.6 Å². The number of unbranched alkanes of at least 4 members (excludes halogenated alkanes) is 3. The number of nitrogens with zero attached hydrogens (tertiary/aromatic N) is 4. The first-order valence-corrected chi connectivity index (χ1v) is 8.77. The van der Waals surface area contributed by atoms with Gasteiger partial charge in [-0.2, -0.15) is 0 Å². The van der Waals surface area contributed by atoms with Gasteiger partial charge in [0.05, 0.1) is 6.33 Å². The van der Waals surface area contributed by atoms with Crippen LogP contribution in [0.1, 0.15) is 46.0 Å². The minimum Gasteiger partial charge on any atom is -0.352 e. The summed E-state index contributed by atoms with van der Waals surface area (Å²) in [7, 11) is 2.97. The fraction of sp³-hybridized carbons (Fsp3) is 0.647. The van der Waals surface area contributed by atoms with Gasteiger partial charge in [-0.05, 0) is 13.3 Å². The van der Waals surface area contributed by atoms with E-state index in [0.717, 1.165) is 17.4 Å². The molecule has 0 aliphatic heterocycles. The van der Waals surface area contributed by atoms with Crippen LogP contribution in [0, 0.1) is 0 Å². The monoisotopic (exact) mass is 349 g/mol. The third-order valence-corrected chi connectivity index (χ3v) is 4.43. The van der Waals surface area contributed by atoms with E-state index in [9.17, 15) is 14.4 Å². The Balaban J connectivity index is 2.09. The highest BCUT2D eigenvalue weighted by atomic mass is 16.2. The number of rotatable bonds is 8. The van der Waals surface area contributed by atoms with Crippen molar-refractivity contribution in [3.05, 3.63) is 27.2 Å². The zero-order chi connectivity index (χ0) is 18.6. The van der Waals surface area contributed by atoms with Crippen LogP contribution >= 0.6 is 0 Å². The van der Waals surface area contributed by atoms with Crippen molar-refractivity contribution in [1.29, 1.82) is 0 Å².